The molecule has 0 radical (unpaired) electrons. The molecule has 1 heterocycles. The van der Waals surface area contributed by atoms with E-state index in [0.29, 0.717) is 11.5 Å². The largest absolute Gasteiger partial charge is 0.398 e. The molecule has 0 bridgehead atoms. The van der Waals surface area contributed by atoms with E-state index in [2.05, 4.69) is 9.97 Å². The van der Waals surface area contributed by atoms with E-state index >= 15 is 0 Å². The van der Waals surface area contributed by atoms with Gasteiger partial charge in [-0.15, -0.1) is 0 Å². The molecule has 1 aromatic heterocycles. The van der Waals surface area contributed by atoms with Crippen LogP contribution < -0.4 is 11.5 Å². The van der Waals surface area contributed by atoms with E-state index in [9.17, 15) is 0 Å². The molecule has 5 heteroatoms. The van der Waals surface area contributed by atoms with Crippen molar-refractivity contribution in [2.45, 2.75) is 0 Å². The molecule has 0 atom stereocenters. The minimum absolute atomic E-state index is 0.425. The first-order valence-corrected chi connectivity index (χ1v) is 4.69. The van der Waals surface area contributed by atoms with Crippen molar-refractivity contribution in [2.75, 3.05) is 5.73 Å². The molecule has 0 aliphatic carbocycles. The summed E-state index contributed by atoms with van der Waals surface area (Å²) in [5.74, 6) is 0.425. The second-order valence-corrected chi connectivity index (χ2v) is 3.28. The summed E-state index contributed by atoms with van der Waals surface area (Å²) >= 11 is 0. The van der Waals surface area contributed by atoms with Crippen LogP contribution in [0, 0.1) is 5.41 Å². The predicted octanol–water partition coefficient (Wildman–Crippen LogP) is 1.16. The molecule has 5 N–H and O–H groups in total. The Labute approximate surface area is 92.3 Å². The summed E-state index contributed by atoms with van der Waals surface area (Å²) in [5.41, 5.74) is 13.6. The lowest BCUT2D eigenvalue weighted by molar-refractivity contribution is 1.23. The summed E-state index contributed by atoms with van der Waals surface area (Å²) in [7, 11) is 0. The standard InChI is InChI=1S/C11H11N5/c12-4-3-9(13)7-1-2-10-8(5-7)11(14)16-6-15-10/h1-6,12H,13H2,(H2,14,15,16). The number of aromatic nitrogens is 2. The summed E-state index contributed by atoms with van der Waals surface area (Å²) in [4.78, 5) is 8.01. The van der Waals surface area contributed by atoms with Gasteiger partial charge in [0, 0.05) is 17.3 Å². The Bertz CT molecular complexity index is 574. The number of rotatable bonds is 2. The van der Waals surface area contributed by atoms with Gasteiger partial charge >= 0.3 is 0 Å². The fraction of sp³-hybridized carbons (Fsp3) is 0. The summed E-state index contributed by atoms with van der Waals surface area (Å²) < 4.78 is 0. The number of nitrogens with zero attached hydrogens (tertiary/aromatic N) is 2. The van der Waals surface area contributed by atoms with Gasteiger partial charge in [0.2, 0.25) is 0 Å². The van der Waals surface area contributed by atoms with Crippen molar-refractivity contribution in [2.24, 2.45) is 5.73 Å². The molecule has 0 saturated carbocycles. The number of allylic oxidation sites excluding steroid dienone is 1. The van der Waals surface area contributed by atoms with Crippen LogP contribution in [0.4, 0.5) is 5.82 Å². The second kappa shape index (κ2) is 3.98. The third-order valence-corrected chi connectivity index (χ3v) is 2.26. The van der Waals surface area contributed by atoms with Crippen molar-refractivity contribution in [1.82, 2.24) is 9.97 Å². The minimum Gasteiger partial charge on any atom is -0.398 e. The van der Waals surface area contributed by atoms with Gasteiger partial charge in [0.05, 0.1) is 5.52 Å². The van der Waals surface area contributed by atoms with Crippen molar-refractivity contribution in [3.63, 3.8) is 0 Å². The van der Waals surface area contributed by atoms with Crippen molar-refractivity contribution < 1.29 is 0 Å². The molecule has 2 rings (SSSR count). The topological polar surface area (TPSA) is 102 Å². The van der Waals surface area contributed by atoms with E-state index in [1.165, 1.54) is 12.4 Å². The molecule has 2 aromatic rings. The molecule has 16 heavy (non-hydrogen) atoms. The lowest BCUT2D eigenvalue weighted by atomic mass is 10.1. The number of nitrogen functional groups attached to an aromatic ring is 1. The van der Waals surface area contributed by atoms with Crippen molar-refractivity contribution in [3.8, 4) is 0 Å². The Kier molecular flexibility index (Phi) is 2.51. The first-order valence-electron chi connectivity index (χ1n) is 4.69. The van der Waals surface area contributed by atoms with Gasteiger partial charge in [0.1, 0.15) is 12.1 Å². The zero-order valence-corrected chi connectivity index (χ0v) is 8.51. The summed E-state index contributed by atoms with van der Waals surface area (Å²) in [6, 6.07) is 5.48. The number of nitrogens with two attached hydrogens (primary N) is 2. The first kappa shape index (κ1) is 10.1. The lowest BCUT2D eigenvalue weighted by Gasteiger charge is -2.04. The Morgan fingerprint density at radius 2 is 2.12 bits per heavy atom. The van der Waals surface area contributed by atoms with Crippen LogP contribution >= 0.6 is 0 Å². The maximum atomic E-state index is 6.96. The van der Waals surface area contributed by atoms with Crippen LogP contribution in [-0.4, -0.2) is 16.2 Å². The Morgan fingerprint density at radius 3 is 2.88 bits per heavy atom. The van der Waals surface area contributed by atoms with Crippen LogP contribution in [0.1, 0.15) is 5.56 Å². The molecule has 0 amide bonds. The van der Waals surface area contributed by atoms with Gasteiger partial charge in [0.25, 0.3) is 0 Å². The van der Waals surface area contributed by atoms with E-state index < -0.39 is 0 Å². The number of benzene rings is 1. The molecule has 0 saturated heterocycles. The molecule has 0 aliphatic rings. The third kappa shape index (κ3) is 1.70. The number of fused-ring (bicyclic) bond motifs is 1. The highest BCUT2D eigenvalue weighted by molar-refractivity contribution is 5.91. The molecule has 0 fully saturated rings. The Balaban J connectivity index is 2.64. The average molecular weight is 213 g/mol. The Morgan fingerprint density at radius 1 is 1.31 bits per heavy atom. The second-order valence-electron chi connectivity index (χ2n) is 3.28. The Hall–Kier alpha value is -2.43. The zero-order valence-electron chi connectivity index (χ0n) is 8.51. The number of anilines is 1. The third-order valence-electron chi connectivity index (χ3n) is 2.26. The molecule has 0 aliphatic heterocycles. The van der Waals surface area contributed by atoms with Crippen molar-refractivity contribution in [1.29, 1.82) is 5.41 Å². The number of nitrogens with one attached hydrogen (secondary N) is 1. The van der Waals surface area contributed by atoms with Crippen molar-refractivity contribution >= 4 is 28.6 Å². The van der Waals surface area contributed by atoms with E-state index in [1.807, 2.05) is 18.2 Å². The van der Waals surface area contributed by atoms with E-state index in [0.717, 1.165) is 22.7 Å². The molecular weight excluding hydrogens is 202 g/mol. The fourth-order valence-corrected chi connectivity index (χ4v) is 1.44. The van der Waals surface area contributed by atoms with Crippen LogP contribution in [0.3, 0.4) is 0 Å². The lowest BCUT2D eigenvalue weighted by Crippen LogP contribution is -1.98. The average Bonchev–Trinajstić information content (AvgIpc) is 2.29. The zero-order chi connectivity index (χ0) is 11.5. The molecular formula is C11H11N5. The van der Waals surface area contributed by atoms with Gasteiger partial charge in [-0.05, 0) is 23.8 Å². The SMILES string of the molecule is N=CC=C(N)c1ccc2ncnc(N)c2c1. The first-order chi connectivity index (χ1) is 7.72. The van der Waals surface area contributed by atoms with E-state index in [4.69, 9.17) is 16.9 Å². The van der Waals surface area contributed by atoms with Crippen LogP contribution in [-0.2, 0) is 0 Å². The van der Waals surface area contributed by atoms with Gasteiger partial charge < -0.3 is 16.9 Å². The molecule has 5 nitrogen and oxygen atoms in total. The maximum Gasteiger partial charge on any atom is 0.134 e. The smallest absolute Gasteiger partial charge is 0.134 e. The van der Waals surface area contributed by atoms with Crippen LogP contribution in [0.15, 0.2) is 30.6 Å². The normalized spacial score (nSPS) is 11.6. The molecule has 0 spiro atoms. The monoisotopic (exact) mass is 213 g/mol. The van der Waals surface area contributed by atoms with E-state index in [-0.39, 0.29) is 0 Å². The summed E-state index contributed by atoms with van der Waals surface area (Å²) in [5, 5.41) is 7.72. The highest BCUT2D eigenvalue weighted by Gasteiger charge is 2.02. The highest BCUT2D eigenvalue weighted by atomic mass is 14.9. The van der Waals surface area contributed by atoms with Gasteiger partial charge in [-0.2, -0.15) is 0 Å². The highest BCUT2D eigenvalue weighted by Crippen LogP contribution is 2.20. The number of hydrogen-bond acceptors (Lipinski definition) is 5. The predicted molar refractivity (Wildman–Crippen MR) is 64.9 cm³/mol. The van der Waals surface area contributed by atoms with Crippen molar-refractivity contribution in [3.05, 3.63) is 36.2 Å². The minimum atomic E-state index is 0.425. The fourth-order valence-electron chi connectivity index (χ4n) is 1.44. The maximum absolute atomic E-state index is 6.96. The van der Waals surface area contributed by atoms with E-state index in [1.54, 1.807) is 0 Å². The summed E-state index contributed by atoms with van der Waals surface area (Å²) in [6.45, 7) is 0. The molecule has 80 valence electrons. The van der Waals surface area contributed by atoms with Crippen LogP contribution in [0.25, 0.3) is 16.6 Å². The molecule has 0 unspecified atom stereocenters. The van der Waals surface area contributed by atoms with Gasteiger partial charge in [-0.3, -0.25) is 0 Å². The quantitative estimate of drug-likeness (QED) is 0.651. The van der Waals surface area contributed by atoms with Gasteiger partial charge in [-0.1, -0.05) is 6.07 Å². The summed E-state index contributed by atoms with van der Waals surface area (Å²) in [6.07, 6.45) is 4.08. The number of hydrogen-bond donors (Lipinski definition) is 3. The van der Waals surface area contributed by atoms with Gasteiger partial charge in [-0.25, -0.2) is 9.97 Å². The molecule has 1 aromatic carbocycles. The van der Waals surface area contributed by atoms with Crippen LogP contribution in [0.2, 0.25) is 0 Å². The van der Waals surface area contributed by atoms with Crippen LogP contribution in [0.5, 0.6) is 0 Å². The van der Waals surface area contributed by atoms with Gasteiger partial charge in [0.15, 0.2) is 0 Å².